The van der Waals surface area contributed by atoms with Crippen LogP contribution >= 0.6 is 0 Å². The lowest BCUT2D eigenvalue weighted by Gasteiger charge is -2.46. The summed E-state index contributed by atoms with van der Waals surface area (Å²) in [6, 6.07) is 7.37. The second-order valence-electron chi connectivity index (χ2n) is 9.84. The Morgan fingerprint density at radius 1 is 1.16 bits per heavy atom. The number of amides is 4. The standard InChI is InChI=1S/C27H32F3N5O3/c1-2-34(19-11-7-4-8-12-19)25(37)22-20(15-17-13-14-32-21(31)16-17)24(36)35(22)26(38)33-23(27(28,29)30)18-9-5-3-6-10-18/h4,7-8,11-14,16,18,20,22-23H,2-3,5-6,9-10,15H2,1H3,(H2,31,32)(H,33,38)/t20-,22+,23+/m1/s1. The number of nitrogens with one attached hydrogen (secondary N) is 1. The van der Waals surface area contributed by atoms with Gasteiger partial charge in [0, 0.05) is 18.4 Å². The molecule has 3 N–H and O–H groups in total. The molecule has 8 nitrogen and oxygen atoms in total. The van der Waals surface area contributed by atoms with Crippen molar-refractivity contribution < 1.29 is 27.6 Å². The van der Waals surface area contributed by atoms with E-state index in [-0.39, 0.29) is 18.8 Å². The van der Waals surface area contributed by atoms with Crippen molar-refractivity contribution in [2.75, 3.05) is 17.2 Å². The number of carbonyl (C=O) groups is 3. The number of urea groups is 1. The molecular formula is C27H32F3N5O3. The molecule has 2 heterocycles. The van der Waals surface area contributed by atoms with Gasteiger partial charge in [0.2, 0.25) is 5.91 Å². The van der Waals surface area contributed by atoms with Gasteiger partial charge in [-0.25, -0.2) is 9.78 Å². The summed E-state index contributed by atoms with van der Waals surface area (Å²) in [4.78, 5) is 46.2. The van der Waals surface area contributed by atoms with Crippen LogP contribution in [-0.2, 0) is 16.0 Å². The molecule has 1 aliphatic heterocycles. The normalized spacial score (nSPS) is 20.9. The van der Waals surface area contributed by atoms with Crippen molar-refractivity contribution in [1.29, 1.82) is 0 Å². The Hall–Kier alpha value is -3.63. The van der Waals surface area contributed by atoms with Crippen LogP contribution in [0.3, 0.4) is 0 Å². The smallest absolute Gasteiger partial charge is 0.384 e. The molecule has 1 saturated carbocycles. The van der Waals surface area contributed by atoms with Crippen LogP contribution in [-0.4, -0.2) is 52.5 Å². The molecule has 1 aromatic carbocycles. The Kier molecular flexibility index (Phi) is 8.23. The fourth-order valence-corrected chi connectivity index (χ4v) is 5.50. The number of hydrogen-bond donors (Lipinski definition) is 2. The summed E-state index contributed by atoms with van der Waals surface area (Å²) in [7, 11) is 0. The molecule has 0 bridgehead atoms. The average Bonchev–Trinajstić information content (AvgIpc) is 2.89. The number of likely N-dealkylation sites (tertiary alicyclic amines) is 1. The fourth-order valence-electron chi connectivity index (χ4n) is 5.50. The Bertz CT molecular complexity index is 1150. The minimum Gasteiger partial charge on any atom is -0.384 e. The van der Waals surface area contributed by atoms with Gasteiger partial charge in [-0.15, -0.1) is 0 Å². The zero-order valence-corrected chi connectivity index (χ0v) is 21.2. The second kappa shape index (κ2) is 11.4. The second-order valence-corrected chi connectivity index (χ2v) is 9.84. The van der Waals surface area contributed by atoms with Crippen LogP contribution in [0.2, 0.25) is 0 Å². The first-order chi connectivity index (χ1) is 18.1. The maximum Gasteiger partial charge on any atom is 0.408 e. The van der Waals surface area contributed by atoms with E-state index in [0.29, 0.717) is 41.8 Å². The number of pyridine rings is 1. The van der Waals surface area contributed by atoms with Crippen molar-refractivity contribution in [2.24, 2.45) is 11.8 Å². The number of halogens is 3. The van der Waals surface area contributed by atoms with Crippen LogP contribution in [0.4, 0.5) is 29.5 Å². The van der Waals surface area contributed by atoms with Gasteiger partial charge in [-0.05, 0) is 61.9 Å². The third kappa shape index (κ3) is 5.76. The van der Waals surface area contributed by atoms with Crippen LogP contribution in [0, 0.1) is 11.8 Å². The van der Waals surface area contributed by atoms with E-state index in [1.807, 2.05) is 0 Å². The SMILES string of the molecule is CCN(C(=O)[C@@H]1[C@@H](Cc2ccnc(N)c2)C(=O)N1C(=O)N[C@@H](C1CCCCC1)C(F)(F)F)c1ccccc1. The molecule has 2 aliphatic rings. The van der Waals surface area contributed by atoms with Crippen LogP contribution in [0.5, 0.6) is 0 Å². The Balaban J connectivity index is 1.62. The topological polar surface area (TPSA) is 109 Å². The molecule has 2 aromatic rings. The summed E-state index contributed by atoms with van der Waals surface area (Å²) in [6.45, 7) is 1.99. The highest BCUT2D eigenvalue weighted by Gasteiger charge is 2.57. The number of nitrogens with zero attached hydrogens (tertiary/aromatic N) is 3. The Morgan fingerprint density at radius 2 is 1.84 bits per heavy atom. The highest BCUT2D eigenvalue weighted by molar-refractivity contribution is 6.12. The molecule has 4 rings (SSSR count). The summed E-state index contributed by atoms with van der Waals surface area (Å²) in [5, 5.41) is 2.07. The first kappa shape index (κ1) is 27.4. The van der Waals surface area contributed by atoms with Gasteiger partial charge in [-0.3, -0.25) is 14.5 Å². The fraction of sp³-hybridized carbons (Fsp3) is 0.481. The van der Waals surface area contributed by atoms with Gasteiger partial charge < -0.3 is 16.0 Å². The van der Waals surface area contributed by atoms with Crippen LogP contribution < -0.4 is 16.0 Å². The maximum absolute atomic E-state index is 14.0. The van der Waals surface area contributed by atoms with Crippen molar-refractivity contribution in [3.63, 3.8) is 0 Å². The Morgan fingerprint density at radius 3 is 2.45 bits per heavy atom. The van der Waals surface area contributed by atoms with Gasteiger partial charge in [-0.1, -0.05) is 37.5 Å². The molecule has 1 aromatic heterocycles. The molecule has 0 unspecified atom stereocenters. The molecule has 0 radical (unpaired) electrons. The van der Waals surface area contributed by atoms with Gasteiger partial charge in [0.1, 0.15) is 17.9 Å². The van der Waals surface area contributed by atoms with Crippen molar-refractivity contribution >= 4 is 29.4 Å². The monoisotopic (exact) mass is 531 g/mol. The molecule has 2 fully saturated rings. The molecule has 11 heteroatoms. The summed E-state index contributed by atoms with van der Waals surface area (Å²) < 4.78 is 42.0. The molecular weight excluding hydrogens is 499 g/mol. The average molecular weight is 532 g/mol. The van der Waals surface area contributed by atoms with E-state index in [4.69, 9.17) is 5.73 Å². The number of aromatic nitrogens is 1. The molecule has 1 aliphatic carbocycles. The van der Waals surface area contributed by atoms with Crippen molar-refractivity contribution in [3.05, 3.63) is 54.2 Å². The highest BCUT2D eigenvalue weighted by atomic mass is 19.4. The van der Waals surface area contributed by atoms with Gasteiger partial charge in [0.25, 0.3) is 5.91 Å². The van der Waals surface area contributed by atoms with Crippen molar-refractivity contribution in [2.45, 2.75) is 63.7 Å². The number of benzene rings is 1. The maximum atomic E-state index is 14.0. The minimum absolute atomic E-state index is 0.0867. The van der Waals surface area contributed by atoms with E-state index in [1.165, 1.54) is 11.1 Å². The number of imide groups is 1. The summed E-state index contributed by atoms with van der Waals surface area (Å²) >= 11 is 0. The third-order valence-electron chi connectivity index (χ3n) is 7.39. The van der Waals surface area contributed by atoms with Crippen LogP contribution in [0.25, 0.3) is 0 Å². The molecule has 1 saturated heterocycles. The predicted octanol–water partition coefficient (Wildman–Crippen LogP) is 4.31. The number of alkyl halides is 3. The van der Waals surface area contributed by atoms with Crippen LogP contribution in [0.15, 0.2) is 48.7 Å². The number of β-lactam (4-membered cyclic amide) rings is 1. The van der Waals surface area contributed by atoms with E-state index < -0.39 is 47.9 Å². The molecule has 204 valence electrons. The van der Waals surface area contributed by atoms with Crippen molar-refractivity contribution in [3.8, 4) is 0 Å². The van der Waals surface area contributed by atoms with Gasteiger partial charge in [-0.2, -0.15) is 13.2 Å². The lowest BCUT2D eigenvalue weighted by molar-refractivity contribution is -0.170. The third-order valence-corrected chi connectivity index (χ3v) is 7.39. The summed E-state index contributed by atoms with van der Waals surface area (Å²) in [5.41, 5.74) is 6.95. The molecule has 4 amide bonds. The lowest BCUT2D eigenvalue weighted by Crippen LogP contribution is -2.72. The number of nitrogens with two attached hydrogens (primary N) is 1. The number of likely N-dealkylation sites (N-methyl/N-ethyl adjacent to an activating group) is 1. The Labute approximate surface area is 219 Å². The molecule has 3 atom stereocenters. The zero-order valence-electron chi connectivity index (χ0n) is 21.2. The minimum atomic E-state index is -4.68. The van der Waals surface area contributed by atoms with E-state index in [2.05, 4.69) is 10.3 Å². The summed E-state index contributed by atoms with van der Waals surface area (Å²) in [5.74, 6) is -2.73. The number of anilines is 2. The zero-order chi connectivity index (χ0) is 27.4. The number of carbonyl (C=O) groups excluding carboxylic acids is 3. The lowest BCUT2D eigenvalue weighted by atomic mass is 9.81. The van der Waals surface area contributed by atoms with Crippen molar-refractivity contribution in [1.82, 2.24) is 15.2 Å². The molecule has 0 spiro atoms. The van der Waals surface area contributed by atoms with Gasteiger partial charge in [0.05, 0.1) is 5.92 Å². The first-order valence-electron chi connectivity index (χ1n) is 12.9. The largest absolute Gasteiger partial charge is 0.408 e. The number of nitrogen functional groups attached to an aromatic ring is 1. The van der Waals surface area contributed by atoms with Gasteiger partial charge >= 0.3 is 12.2 Å². The number of hydrogen-bond acceptors (Lipinski definition) is 5. The number of rotatable bonds is 7. The quantitative estimate of drug-likeness (QED) is 0.518. The number of para-hydroxylation sites is 1. The molecule has 38 heavy (non-hydrogen) atoms. The predicted molar refractivity (Wildman–Crippen MR) is 136 cm³/mol. The van der Waals surface area contributed by atoms with E-state index in [0.717, 1.165) is 6.42 Å². The first-order valence-corrected chi connectivity index (χ1v) is 12.9. The van der Waals surface area contributed by atoms with E-state index in [9.17, 15) is 27.6 Å². The van der Waals surface area contributed by atoms with Gasteiger partial charge in [0.15, 0.2) is 0 Å². The van der Waals surface area contributed by atoms with Crippen LogP contribution in [0.1, 0.15) is 44.6 Å². The summed E-state index contributed by atoms with van der Waals surface area (Å²) in [6.07, 6.45) is -0.302. The van der Waals surface area contributed by atoms with E-state index >= 15 is 0 Å². The van der Waals surface area contributed by atoms with E-state index in [1.54, 1.807) is 49.4 Å². The highest BCUT2D eigenvalue weighted by Crippen LogP contribution is 2.37.